The van der Waals surface area contributed by atoms with Crippen molar-refractivity contribution in [2.24, 2.45) is 0 Å². The van der Waals surface area contributed by atoms with Crippen molar-refractivity contribution in [3.63, 3.8) is 0 Å². The summed E-state index contributed by atoms with van der Waals surface area (Å²) in [7, 11) is 0. The second-order valence-electron chi connectivity index (χ2n) is 15.9. The van der Waals surface area contributed by atoms with Gasteiger partial charge in [0.05, 0.1) is 0 Å². The average Bonchev–Trinajstić information content (AvgIpc) is 3.37. The summed E-state index contributed by atoms with van der Waals surface area (Å²) in [5.74, 6) is 33.3. The number of pyridine rings is 2. The monoisotopic (exact) mass is 840 g/mol. The molecule has 0 bridgehead atoms. The van der Waals surface area contributed by atoms with Gasteiger partial charge in [-0.1, -0.05) is 171 Å². The van der Waals surface area contributed by atoms with Crippen LogP contribution in [0.25, 0.3) is 32.7 Å². The van der Waals surface area contributed by atoms with Crippen molar-refractivity contribution < 1.29 is 0 Å². The summed E-state index contributed by atoms with van der Waals surface area (Å²) in [6.45, 7) is 2.24. The van der Waals surface area contributed by atoms with Crippen molar-refractivity contribution in [3.8, 4) is 70.3 Å². The standard InChI is InChI=1S/C64H44N2/c1-2-3-4-6-18-49-29-31-50(32-30-49)35-43-57-23-14-25-59(65-57)45-46-60-26-15-24-58(66-60)44-36-52-20-13-19-51(47-52)34-38-56-42-40-54-22-10-12-28-62(54)64(56)63-55(37-33-48-16-7-5-8-17-48)41-39-53-21-9-11-27-61(53)63/h5,7-17,19-32,39-42,47H,2-4,6,18H2,1H3. The molecule has 0 aliphatic heterocycles. The lowest BCUT2D eigenvalue weighted by atomic mass is 9.87. The van der Waals surface area contributed by atoms with Crippen LogP contribution in [0.5, 0.6) is 0 Å². The van der Waals surface area contributed by atoms with Crippen molar-refractivity contribution in [1.29, 1.82) is 0 Å². The topological polar surface area (TPSA) is 25.8 Å². The third-order valence-corrected chi connectivity index (χ3v) is 11.2. The highest BCUT2D eigenvalue weighted by atomic mass is 14.7. The van der Waals surface area contributed by atoms with Gasteiger partial charge in [0.2, 0.25) is 0 Å². The molecule has 0 N–H and O–H groups in total. The van der Waals surface area contributed by atoms with Gasteiger partial charge in [0, 0.05) is 44.5 Å². The summed E-state index contributed by atoms with van der Waals surface area (Å²) in [5.41, 5.74) is 11.6. The van der Waals surface area contributed by atoms with E-state index in [0.29, 0.717) is 22.8 Å². The van der Waals surface area contributed by atoms with Crippen LogP contribution in [-0.2, 0) is 6.42 Å². The van der Waals surface area contributed by atoms with Crippen LogP contribution in [0.4, 0.5) is 0 Å². The Morgan fingerprint density at radius 3 is 1.33 bits per heavy atom. The predicted molar refractivity (Wildman–Crippen MR) is 272 cm³/mol. The van der Waals surface area contributed by atoms with Crippen LogP contribution in [0.3, 0.4) is 0 Å². The molecule has 0 saturated heterocycles. The van der Waals surface area contributed by atoms with Gasteiger partial charge in [-0.15, -0.1) is 0 Å². The lowest BCUT2D eigenvalue weighted by Crippen LogP contribution is -1.93. The smallest absolute Gasteiger partial charge is 0.115 e. The number of unbranched alkanes of at least 4 members (excludes halogenated alkanes) is 3. The highest BCUT2D eigenvalue weighted by Crippen LogP contribution is 2.39. The third kappa shape index (κ3) is 10.8. The number of hydrogen-bond donors (Lipinski definition) is 0. The highest BCUT2D eigenvalue weighted by molar-refractivity contribution is 6.09. The van der Waals surface area contributed by atoms with Gasteiger partial charge in [-0.05, 0) is 142 Å². The van der Waals surface area contributed by atoms with Gasteiger partial charge >= 0.3 is 0 Å². The van der Waals surface area contributed by atoms with Crippen molar-refractivity contribution in [2.75, 3.05) is 0 Å². The number of aromatic nitrogens is 2. The molecule has 66 heavy (non-hydrogen) atoms. The Morgan fingerprint density at radius 1 is 0.333 bits per heavy atom. The fourth-order valence-electron chi connectivity index (χ4n) is 7.82. The molecule has 0 aliphatic rings. The van der Waals surface area contributed by atoms with Crippen molar-refractivity contribution in [3.05, 3.63) is 250 Å². The summed E-state index contributed by atoms with van der Waals surface area (Å²) in [6, 6.07) is 63.6. The lowest BCUT2D eigenvalue weighted by molar-refractivity contribution is 0.667. The molecule has 0 amide bonds. The maximum Gasteiger partial charge on any atom is 0.115 e. The quantitative estimate of drug-likeness (QED) is 0.123. The van der Waals surface area contributed by atoms with Crippen molar-refractivity contribution in [2.45, 2.75) is 39.0 Å². The zero-order valence-corrected chi connectivity index (χ0v) is 36.8. The van der Waals surface area contributed by atoms with Gasteiger partial charge in [0.1, 0.15) is 22.8 Å². The van der Waals surface area contributed by atoms with Crippen molar-refractivity contribution in [1.82, 2.24) is 9.97 Å². The molecule has 2 nitrogen and oxygen atoms in total. The van der Waals surface area contributed by atoms with Crippen LogP contribution in [0, 0.1) is 59.2 Å². The fourth-order valence-corrected chi connectivity index (χ4v) is 7.82. The molecule has 0 unspecified atom stereocenters. The first kappa shape index (κ1) is 42.5. The molecular formula is C64H44N2. The van der Waals surface area contributed by atoms with E-state index in [2.05, 4.69) is 168 Å². The molecule has 2 heteroatoms. The van der Waals surface area contributed by atoms with Crippen LogP contribution in [-0.4, -0.2) is 9.97 Å². The van der Waals surface area contributed by atoms with Gasteiger partial charge in [-0.25, -0.2) is 9.97 Å². The Balaban J connectivity index is 0.952. The van der Waals surface area contributed by atoms with Crippen LogP contribution in [0.1, 0.15) is 94.3 Å². The first-order chi connectivity index (χ1) is 32.6. The zero-order valence-electron chi connectivity index (χ0n) is 36.8. The highest BCUT2D eigenvalue weighted by Gasteiger charge is 2.16. The summed E-state index contributed by atoms with van der Waals surface area (Å²) >= 11 is 0. The van der Waals surface area contributed by atoms with Gasteiger partial charge in [0.25, 0.3) is 0 Å². The minimum absolute atomic E-state index is 0.612. The van der Waals surface area contributed by atoms with Gasteiger partial charge in [0.15, 0.2) is 0 Å². The molecule has 0 saturated carbocycles. The predicted octanol–water partition coefficient (Wildman–Crippen LogP) is 13.6. The number of hydrogen-bond acceptors (Lipinski definition) is 2. The second kappa shape index (κ2) is 21.0. The molecule has 2 aromatic heterocycles. The van der Waals surface area contributed by atoms with E-state index in [1.165, 1.54) is 31.2 Å². The first-order valence-electron chi connectivity index (χ1n) is 22.5. The van der Waals surface area contributed by atoms with Gasteiger partial charge in [-0.2, -0.15) is 0 Å². The van der Waals surface area contributed by atoms with Crippen molar-refractivity contribution >= 4 is 21.5 Å². The molecule has 9 aromatic rings. The summed E-state index contributed by atoms with van der Waals surface area (Å²) in [5, 5.41) is 4.55. The summed E-state index contributed by atoms with van der Waals surface area (Å²) in [4.78, 5) is 9.38. The molecule has 0 radical (unpaired) electrons. The molecule has 0 fully saturated rings. The van der Waals surface area contributed by atoms with Crippen LogP contribution in [0.15, 0.2) is 188 Å². The Labute approximate surface area is 388 Å². The molecular weight excluding hydrogens is 797 g/mol. The first-order valence-corrected chi connectivity index (χ1v) is 22.5. The van der Waals surface area contributed by atoms with Crippen LogP contribution < -0.4 is 0 Å². The number of fused-ring (bicyclic) bond motifs is 2. The maximum atomic E-state index is 4.72. The number of rotatable bonds is 6. The Morgan fingerprint density at radius 2 is 0.773 bits per heavy atom. The van der Waals surface area contributed by atoms with E-state index in [0.717, 1.165) is 72.5 Å². The molecule has 9 rings (SSSR count). The SMILES string of the molecule is CCCCCCc1ccc(C#Cc2cccc(C#Cc3cccc(C#Cc4cccc(C#Cc5ccc6ccccc6c5-c5c(C#Cc6ccccc6)ccc6ccccc56)c4)n3)n2)cc1. The molecule has 7 aromatic carbocycles. The molecule has 0 aliphatic carbocycles. The summed E-state index contributed by atoms with van der Waals surface area (Å²) < 4.78 is 0. The van der Waals surface area contributed by atoms with Crippen LogP contribution >= 0.6 is 0 Å². The Bertz CT molecular complexity index is 3540. The number of benzene rings is 7. The van der Waals surface area contributed by atoms with Gasteiger partial charge < -0.3 is 0 Å². The largest absolute Gasteiger partial charge is 0.231 e. The number of aryl methyl sites for hydroxylation is 1. The van der Waals surface area contributed by atoms with Gasteiger partial charge in [-0.3, -0.25) is 0 Å². The Kier molecular flexibility index (Phi) is 13.5. The normalized spacial score (nSPS) is 10.2. The maximum absolute atomic E-state index is 4.72. The molecule has 0 spiro atoms. The number of nitrogens with zero attached hydrogens (tertiary/aromatic N) is 2. The van der Waals surface area contributed by atoms with E-state index >= 15 is 0 Å². The lowest BCUT2D eigenvalue weighted by Gasteiger charge is -2.15. The third-order valence-electron chi connectivity index (χ3n) is 11.2. The van der Waals surface area contributed by atoms with E-state index in [1.54, 1.807) is 0 Å². The zero-order chi connectivity index (χ0) is 44.8. The van der Waals surface area contributed by atoms with E-state index in [9.17, 15) is 0 Å². The van der Waals surface area contributed by atoms with Crippen LogP contribution in [0.2, 0.25) is 0 Å². The molecule has 310 valence electrons. The molecule has 0 atom stereocenters. The fraction of sp³-hybridized carbons (Fsp3) is 0.0938. The minimum Gasteiger partial charge on any atom is -0.231 e. The second-order valence-corrected chi connectivity index (χ2v) is 15.9. The summed E-state index contributed by atoms with van der Waals surface area (Å²) in [6.07, 6.45) is 6.17. The minimum atomic E-state index is 0.612. The van der Waals surface area contributed by atoms with E-state index in [-0.39, 0.29) is 0 Å². The Hall–Kier alpha value is -8.84. The average molecular weight is 841 g/mol. The molecule has 2 heterocycles. The van der Waals surface area contributed by atoms with E-state index < -0.39 is 0 Å². The van der Waals surface area contributed by atoms with E-state index in [1.807, 2.05) is 91.0 Å². The van der Waals surface area contributed by atoms with E-state index in [4.69, 9.17) is 4.98 Å².